The Morgan fingerprint density at radius 3 is 2.11 bits per heavy atom. The highest BCUT2D eigenvalue weighted by Gasteiger charge is 2.25. The summed E-state index contributed by atoms with van der Waals surface area (Å²) in [6, 6.07) is 23.8. The summed E-state index contributed by atoms with van der Waals surface area (Å²) in [5, 5.41) is 14.5. The fourth-order valence-corrected chi connectivity index (χ4v) is 4.84. The van der Waals surface area contributed by atoms with Crippen LogP contribution in [0.1, 0.15) is 32.8 Å². The lowest BCUT2D eigenvalue weighted by Gasteiger charge is -2.35. The van der Waals surface area contributed by atoms with Crippen molar-refractivity contribution in [3.63, 3.8) is 0 Å². The van der Waals surface area contributed by atoms with Crippen molar-refractivity contribution in [1.29, 1.82) is 0 Å². The van der Waals surface area contributed by atoms with Gasteiger partial charge in [0.15, 0.2) is 0 Å². The standard InChI is InChI=1S/C29H31N3O3/c1-21-27(29(34)30-18-22-8-4-2-5-9-22)28-24(25(33)12-13-26(28)35-21)20-32-16-14-31(15-17-32)19-23-10-6-3-7-11-23/h2-13,33H,14-20H2,1H3,(H,30,34). The van der Waals surface area contributed by atoms with E-state index in [4.69, 9.17) is 4.42 Å². The Morgan fingerprint density at radius 2 is 1.46 bits per heavy atom. The zero-order valence-electron chi connectivity index (χ0n) is 20.0. The second-order valence-electron chi connectivity index (χ2n) is 9.18. The fourth-order valence-electron chi connectivity index (χ4n) is 4.84. The van der Waals surface area contributed by atoms with E-state index in [9.17, 15) is 9.90 Å². The zero-order valence-corrected chi connectivity index (χ0v) is 20.0. The molecule has 180 valence electrons. The number of aryl methyl sites for hydroxylation is 1. The van der Waals surface area contributed by atoms with E-state index in [0.29, 0.717) is 35.4 Å². The van der Waals surface area contributed by atoms with E-state index in [0.717, 1.165) is 43.9 Å². The first kappa shape index (κ1) is 23.1. The molecule has 6 nitrogen and oxygen atoms in total. The van der Waals surface area contributed by atoms with Gasteiger partial charge in [-0.1, -0.05) is 60.7 Å². The summed E-state index contributed by atoms with van der Waals surface area (Å²) < 4.78 is 5.94. The van der Waals surface area contributed by atoms with Crippen molar-refractivity contribution in [3.05, 3.63) is 101 Å². The van der Waals surface area contributed by atoms with E-state index in [1.807, 2.05) is 36.4 Å². The predicted octanol–water partition coefficient (Wildman–Crippen LogP) is 4.69. The molecule has 1 aliphatic heterocycles. The Bertz CT molecular complexity index is 1290. The lowest BCUT2D eigenvalue weighted by atomic mass is 10.0. The number of carbonyl (C=O) groups excluding carboxylic acids is 1. The van der Waals surface area contributed by atoms with Crippen molar-refractivity contribution in [3.8, 4) is 5.75 Å². The molecule has 0 saturated carbocycles. The first-order valence-corrected chi connectivity index (χ1v) is 12.1. The summed E-state index contributed by atoms with van der Waals surface area (Å²) in [5.41, 5.74) is 4.24. The number of carbonyl (C=O) groups is 1. The molecule has 2 heterocycles. The van der Waals surface area contributed by atoms with Gasteiger partial charge >= 0.3 is 0 Å². The van der Waals surface area contributed by atoms with Crippen molar-refractivity contribution in [2.24, 2.45) is 0 Å². The molecule has 1 fully saturated rings. The number of phenolic OH excluding ortho intramolecular Hbond substituents is 1. The van der Waals surface area contributed by atoms with E-state index in [2.05, 4.69) is 39.4 Å². The average molecular weight is 470 g/mol. The number of hydrogen-bond donors (Lipinski definition) is 2. The molecule has 0 bridgehead atoms. The summed E-state index contributed by atoms with van der Waals surface area (Å²) in [4.78, 5) is 18.0. The molecular formula is C29H31N3O3. The maximum Gasteiger partial charge on any atom is 0.255 e. The van der Waals surface area contributed by atoms with Crippen LogP contribution in [-0.4, -0.2) is 47.0 Å². The third kappa shape index (κ3) is 5.24. The molecule has 0 spiro atoms. The number of nitrogens with zero attached hydrogens (tertiary/aromatic N) is 2. The lowest BCUT2D eigenvalue weighted by Crippen LogP contribution is -2.45. The third-order valence-corrected chi connectivity index (χ3v) is 6.73. The van der Waals surface area contributed by atoms with Crippen LogP contribution in [0.15, 0.2) is 77.2 Å². The van der Waals surface area contributed by atoms with Gasteiger partial charge in [-0.3, -0.25) is 14.6 Å². The molecule has 6 heteroatoms. The van der Waals surface area contributed by atoms with Gasteiger partial charge in [0.25, 0.3) is 5.91 Å². The zero-order chi connectivity index (χ0) is 24.2. The van der Waals surface area contributed by atoms with Gasteiger partial charge in [0, 0.05) is 56.8 Å². The van der Waals surface area contributed by atoms with Gasteiger partial charge in [-0.2, -0.15) is 0 Å². The van der Waals surface area contributed by atoms with E-state index in [1.54, 1.807) is 19.1 Å². The van der Waals surface area contributed by atoms with E-state index < -0.39 is 0 Å². The van der Waals surface area contributed by atoms with Crippen molar-refractivity contribution in [1.82, 2.24) is 15.1 Å². The summed E-state index contributed by atoms with van der Waals surface area (Å²) in [7, 11) is 0. The predicted molar refractivity (Wildman–Crippen MR) is 137 cm³/mol. The van der Waals surface area contributed by atoms with E-state index >= 15 is 0 Å². The van der Waals surface area contributed by atoms with Crippen LogP contribution in [0.3, 0.4) is 0 Å². The summed E-state index contributed by atoms with van der Waals surface area (Å²) in [5.74, 6) is 0.567. The molecule has 35 heavy (non-hydrogen) atoms. The topological polar surface area (TPSA) is 69.0 Å². The molecule has 3 aromatic carbocycles. The Balaban J connectivity index is 1.32. The van der Waals surface area contributed by atoms with Crippen LogP contribution in [0, 0.1) is 6.92 Å². The van der Waals surface area contributed by atoms with Crippen LogP contribution in [0.4, 0.5) is 0 Å². The van der Waals surface area contributed by atoms with Crippen molar-refractivity contribution in [2.75, 3.05) is 26.2 Å². The molecule has 0 unspecified atom stereocenters. The SMILES string of the molecule is Cc1oc2ccc(O)c(CN3CCN(Cc4ccccc4)CC3)c2c1C(=O)NCc1ccccc1. The lowest BCUT2D eigenvalue weighted by molar-refractivity contribution is 0.0950. The number of fused-ring (bicyclic) bond motifs is 1. The molecule has 1 amide bonds. The molecule has 0 radical (unpaired) electrons. The van der Waals surface area contributed by atoms with Gasteiger partial charge in [0.05, 0.1) is 5.56 Å². The number of aromatic hydroxyl groups is 1. The highest BCUT2D eigenvalue weighted by molar-refractivity contribution is 6.08. The number of nitrogens with one attached hydrogen (secondary N) is 1. The van der Waals surface area contributed by atoms with Gasteiger partial charge in [-0.05, 0) is 30.2 Å². The summed E-state index contributed by atoms with van der Waals surface area (Å²) >= 11 is 0. The number of amides is 1. The Kier molecular flexibility index (Phi) is 6.84. The van der Waals surface area contributed by atoms with Crippen LogP contribution >= 0.6 is 0 Å². The first-order valence-electron chi connectivity index (χ1n) is 12.1. The largest absolute Gasteiger partial charge is 0.508 e. The number of hydrogen-bond acceptors (Lipinski definition) is 5. The molecular weight excluding hydrogens is 438 g/mol. The van der Waals surface area contributed by atoms with Crippen LogP contribution in [0.5, 0.6) is 5.75 Å². The molecule has 1 aliphatic rings. The first-order chi connectivity index (χ1) is 17.1. The van der Waals surface area contributed by atoms with Gasteiger partial charge in [-0.15, -0.1) is 0 Å². The van der Waals surface area contributed by atoms with E-state index in [1.165, 1.54) is 5.56 Å². The Labute approximate surface area is 205 Å². The smallest absolute Gasteiger partial charge is 0.255 e. The Hall–Kier alpha value is -3.61. The van der Waals surface area contributed by atoms with Crippen LogP contribution in [0.2, 0.25) is 0 Å². The molecule has 0 atom stereocenters. The second-order valence-corrected chi connectivity index (χ2v) is 9.18. The highest BCUT2D eigenvalue weighted by Crippen LogP contribution is 2.35. The average Bonchev–Trinajstić information content (AvgIpc) is 3.23. The summed E-state index contributed by atoms with van der Waals surface area (Å²) in [6.07, 6.45) is 0. The number of benzene rings is 3. The second kappa shape index (κ2) is 10.3. The highest BCUT2D eigenvalue weighted by atomic mass is 16.3. The molecule has 0 aliphatic carbocycles. The number of rotatable bonds is 7. The van der Waals surface area contributed by atoms with Crippen LogP contribution < -0.4 is 5.32 Å². The van der Waals surface area contributed by atoms with Crippen molar-refractivity contribution >= 4 is 16.9 Å². The fraction of sp³-hybridized carbons (Fsp3) is 0.276. The van der Waals surface area contributed by atoms with E-state index in [-0.39, 0.29) is 11.7 Å². The van der Waals surface area contributed by atoms with Crippen molar-refractivity contribution < 1.29 is 14.3 Å². The van der Waals surface area contributed by atoms with Crippen LogP contribution in [-0.2, 0) is 19.6 Å². The minimum atomic E-state index is -0.190. The van der Waals surface area contributed by atoms with Gasteiger partial charge in [0.2, 0.25) is 0 Å². The van der Waals surface area contributed by atoms with Gasteiger partial charge < -0.3 is 14.8 Å². The number of phenols is 1. The Morgan fingerprint density at radius 1 is 0.857 bits per heavy atom. The summed E-state index contributed by atoms with van der Waals surface area (Å²) in [6.45, 7) is 7.47. The van der Waals surface area contributed by atoms with Gasteiger partial charge in [0.1, 0.15) is 17.1 Å². The van der Waals surface area contributed by atoms with Crippen LogP contribution in [0.25, 0.3) is 11.0 Å². The molecule has 5 rings (SSSR count). The minimum Gasteiger partial charge on any atom is -0.508 e. The molecule has 1 saturated heterocycles. The molecule has 4 aromatic rings. The molecule has 1 aromatic heterocycles. The third-order valence-electron chi connectivity index (χ3n) is 6.73. The van der Waals surface area contributed by atoms with Gasteiger partial charge in [-0.25, -0.2) is 0 Å². The quantitative estimate of drug-likeness (QED) is 0.411. The van der Waals surface area contributed by atoms with Crippen molar-refractivity contribution in [2.45, 2.75) is 26.6 Å². The normalized spacial score (nSPS) is 14.9. The number of furan rings is 1. The molecule has 2 N–H and O–H groups in total. The minimum absolute atomic E-state index is 0.190. The monoisotopic (exact) mass is 469 g/mol. The maximum absolute atomic E-state index is 13.2. The maximum atomic E-state index is 13.2. The number of piperazine rings is 1.